The summed E-state index contributed by atoms with van der Waals surface area (Å²) >= 11 is 9.60. The van der Waals surface area contributed by atoms with Gasteiger partial charge in [0.15, 0.2) is 0 Å². The molecule has 4 heteroatoms. The highest BCUT2D eigenvalue weighted by molar-refractivity contribution is 9.10. The van der Waals surface area contributed by atoms with Crippen molar-refractivity contribution in [2.24, 2.45) is 0 Å². The average molecular weight is 346 g/mol. The topological polar surface area (TPSA) is 6.48 Å². The van der Waals surface area contributed by atoms with Gasteiger partial charge < -0.3 is 4.90 Å². The minimum Gasteiger partial charge on any atom is -0.306 e. The van der Waals surface area contributed by atoms with Crippen LogP contribution in [0.2, 0.25) is 5.02 Å². The van der Waals surface area contributed by atoms with Gasteiger partial charge >= 0.3 is 0 Å². The van der Waals surface area contributed by atoms with Gasteiger partial charge in [0, 0.05) is 22.1 Å². The number of rotatable bonds is 3. The smallest absolute Gasteiger partial charge is 0.0417 e. The molecule has 0 bridgehead atoms. The molecule has 19 heavy (non-hydrogen) atoms. The number of halogens is 2. The normalized spacial score (nSPS) is 21.6. The number of hydrogen-bond donors (Lipinski definition) is 0. The zero-order valence-electron chi connectivity index (χ0n) is 11.7. The van der Waals surface area contributed by atoms with Crippen molar-refractivity contribution in [3.8, 4) is 0 Å². The van der Waals surface area contributed by atoms with E-state index in [2.05, 4.69) is 45.9 Å². The molecule has 1 atom stereocenters. The molecule has 0 amide bonds. The summed E-state index contributed by atoms with van der Waals surface area (Å²) in [6.07, 6.45) is 3.86. The van der Waals surface area contributed by atoms with Gasteiger partial charge in [-0.25, -0.2) is 0 Å². The summed E-state index contributed by atoms with van der Waals surface area (Å²) in [5.41, 5.74) is 1.33. The van der Waals surface area contributed by atoms with Crippen LogP contribution in [0.25, 0.3) is 0 Å². The van der Waals surface area contributed by atoms with Gasteiger partial charge in [0.25, 0.3) is 0 Å². The van der Waals surface area contributed by atoms with E-state index in [0.29, 0.717) is 0 Å². The van der Waals surface area contributed by atoms with E-state index in [4.69, 9.17) is 11.6 Å². The Hall–Kier alpha value is -0.0900. The Morgan fingerprint density at radius 1 is 1.32 bits per heavy atom. The van der Waals surface area contributed by atoms with E-state index in [1.54, 1.807) is 0 Å². The maximum atomic E-state index is 5.99. The van der Waals surface area contributed by atoms with Crippen molar-refractivity contribution < 1.29 is 0 Å². The van der Waals surface area contributed by atoms with Crippen LogP contribution < -0.4 is 0 Å². The highest BCUT2D eigenvalue weighted by Gasteiger charge is 2.18. The van der Waals surface area contributed by atoms with Gasteiger partial charge in [-0.3, -0.25) is 4.90 Å². The van der Waals surface area contributed by atoms with Gasteiger partial charge in [0.05, 0.1) is 0 Å². The molecule has 1 aliphatic heterocycles. The van der Waals surface area contributed by atoms with Crippen LogP contribution >= 0.6 is 27.5 Å². The minimum atomic E-state index is 0.735. The molecular formula is C15H22BrClN2. The van der Waals surface area contributed by atoms with E-state index in [9.17, 15) is 0 Å². The fourth-order valence-corrected chi connectivity index (χ4v) is 3.51. The first-order valence-corrected chi connectivity index (χ1v) is 8.06. The van der Waals surface area contributed by atoms with E-state index in [0.717, 1.165) is 22.1 Å². The first kappa shape index (κ1) is 15.3. The van der Waals surface area contributed by atoms with Crippen molar-refractivity contribution in [2.75, 3.05) is 27.2 Å². The summed E-state index contributed by atoms with van der Waals surface area (Å²) in [5.74, 6) is 0. The summed E-state index contributed by atoms with van der Waals surface area (Å²) < 4.78 is 1.12. The van der Waals surface area contributed by atoms with Gasteiger partial charge in [0.2, 0.25) is 0 Å². The third-order valence-corrected chi connectivity index (χ3v) is 4.90. The van der Waals surface area contributed by atoms with Crippen molar-refractivity contribution in [1.29, 1.82) is 0 Å². The Labute approximate surface area is 129 Å². The average Bonchev–Trinajstić information content (AvgIpc) is 2.58. The van der Waals surface area contributed by atoms with Crippen LogP contribution in [0.15, 0.2) is 22.7 Å². The van der Waals surface area contributed by atoms with Crippen LogP contribution in [-0.2, 0) is 6.54 Å². The Morgan fingerprint density at radius 2 is 2.11 bits per heavy atom. The lowest BCUT2D eigenvalue weighted by Crippen LogP contribution is -2.30. The standard InChI is InChI=1S/C15H22BrClN2/c1-18(2)14-4-3-8-19(9-7-14)11-12-5-6-13(17)10-15(12)16/h5-6,10,14H,3-4,7-9,11H2,1-2H3. The molecule has 1 aliphatic rings. The van der Waals surface area contributed by atoms with Crippen LogP contribution in [0.3, 0.4) is 0 Å². The van der Waals surface area contributed by atoms with Gasteiger partial charge in [-0.15, -0.1) is 0 Å². The van der Waals surface area contributed by atoms with Gasteiger partial charge in [-0.2, -0.15) is 0 Å². The summed E-state index contributed by atoms with van der Waals surface area (Å²) in [6.45, 7) is 3.38. The lowest BCUT2D eigenvalue weighted by atomic mass is 10.1. The third-order valence-electron chi connectivity index (χ3n) is 3.93. The van der Waals surface area contributed by atoms with Crippen molar-refractivity contribution in [3.63, 3.8) is 0 Å². The van der Waals surface area contributed by atoms with Gasteiger partial charge in [-0.05, 0) is 64.1 Å². The largest absolute Gasteiger partial charge is 0.306 e. The second kappa shape index (κ2) is 7.07. The highest BCUT2D eigenvalue weighted by Crippen LogP contribution is 2.24. The van der Waals surface area contributed by atoms with Gasteiger partial charge in [-0.1, -0.05) is 33.6 Å². The molecule has 1 aromatic carbocycles. The number of hydrogen-bond acceptors (Lipinski definition) is 2. The van der Waals surface area contributed by atoms with Crippen LogP contribution in [-0.4, -0.2) is 43.0 Å². The van der Waals surface area contributed by atoms with E-state index in [1.807, 2.05) is 12.1 Å². The molecule has 0 aromatic heterocycles. The number of nitrogens with zero attached hydrogens (tertiary/aromatic N) is 2. The van der Waals surface area contributed by atoms with Crippen molar-refractivity contribution in [3.05, 3.63) is 33.3 Å². The molecule has 1 saturated heterocycles. The fourth-order valence-electron chi connectivity index (χ4n) is 2.70. The molecule has 1 fully saturated rings. The lowest BCUT2D eigenvalue weighted by Gasteiger charge is -2.23. The lowest BCUT2D eigenvalue weighted by molar-refractivity contribution is 0.245. The highest BCUT2D eigenvalue weighted by atomic mass is 79.9. The zero-order valence-corrected chi connectivity index (χ0v) is 14.0. The van der Waals surface area contributed by atoms with Crippen LogP contribution in [0.5, 0.6) is 0 Å². The van der Waals surface area contributed by atoms with E-state index < -0.39 is 0 Å². The van der Waals surface area contributed by atoms with E-state index >= 15 is 0 Å². The van der Waals surface area contributed by atoms with Crippen molar-refractivity contribution >= 4 is 27.5 Å². The van der Waals surface area contributed by atoms with E-state index in [1.165, 1.54) is 37.9 Å². The Balaban J connectivity index is 1.96. The summed E-state index contributed by atoms with van der Waals surface area (Å²) in [5, 5.41) is 0.791. The molecular weight excluding hydrogens is 324 g/mol. The molecule has 0 aliphatic carbocycles. The monoisotopic (exact) mass is 344 g/mol. The second-order valence-corrected chi connectivity index (χ2v) is 6.85. The first-order chi connectivity index (χ1) is 9.06. The molecule has 0 spiro atoms. The molecule has 2 nitrogen and oxygen atoms in total. The molecule has 106 valence electrons. The Bertz CT molecular complexity index is 423. The van der Waals surface area contributed by atoms with Crippen molar-refractivity contribution in [2.45, 2.75) is 31.8 Å². The molecule has 0 radical (unpaired) electrons. The second-order valence-electron chi connectivity index (χ2n) is 5.56. The molecule has 0 saturated carbocycles. The Morgan fingerprint density at radius 3 is 2.79 bits per heavy atom. The van der Waals surface area contributed by atoms with Crippen LogP contribution in [0.1, 0.15) is 24.8 Å². The summed E-state index contributed by atoms with van der Waals surface area (Å²) in [6, 6.07) is 6.82. The van der Waals surface area contributed by atoms with E-state index in [-0.39, 0.29) is 0 Å². The maximum Gasteiger partial charge on any atom is 0.0417 e. The quantitative estimate of drug-likeness (QED) is 0.816. The zero-order chi connectivity index (χ0) is 13.8. The minimum absolute atomic E-state index is 0.735. The molecule has 0 N–H and O–H groups in total. The first-order valence-electron chi connectivity index (χ1n) is 6.89. The molecule has 1 aromatic rings. The molecule has 2 rings (SSSR count). The Kier molecular flexibility index (Phi) is 5.70. The van der Waals surface area contributed by atoms with Crippen molar-refractivity contribution in [1.82, 2.24) is 9.80 Å². The van der Waals surface area contributed by atoms with Crippen LogP contribution in [0, 0.1) is 0 Å². The SMILES string of the molecule is CN(C)C1CCCN(Cc2ccc(Cl)cc2Br)CC1. The maximum absolute atomic E-state index is 5.99. The number of benzene rings is 1. The van der Waals surface area contributed by atoms with Gasteiger partial charge in [0.1, 0.15) is 0 Å². The predicted octanol–water partition coefficient (Wildman–Crippen LogP) is 4.02. The van der Waals surface area contributed by atoms with Crippen LogP contribution in [0.4, 0.5) is 0 Å². The third kappa shape index (κ3) is 4.45. The predicted molar refractivity (Wildman–Crippen MR) is 85.8 cm³/mol. The fraction of sp³-hybridized carbons (Fsp3) is 0.600. The molecule has 1 heterocycles. The number of likely N-dealkylation sites (tertiary alicyclic amines) is 1. The summed E-state index contributed by atoms with van der Waals surface area (Å²) in [7, 11) is 4.38. The molecule has 1 unspecified atom stereocenters. The summed E-state index contributed by atoms with van der Waals surface area (Å²) in [4.78, 5) is 4.92.